The minimum Gasteiger partial charge on any atom is -0.508 e. The second-order valence-corrected chi connectivity index (χ2v) is 8.41. The number of hydrogen-bond donors (Lipinski definition) is 2. The molecule has 2 N–H and O–H groups in total. The monoisotopic (exact) mass is 437 g/mol. The van der Waals surface area contributed by atoms with E-state index in [0.29, 0.717) is 33.6 Å². The smallest absolute Gasteiger partial charge is 0.279 e. The van der Waals surface area contributed by atoms with Crippen molar-refractivity contribution in [3.05, 3.63) is 75.1 Å². The molecule has 2 heterocycles. The Labute approximate surface area is 184 Å². The fourth-order valence-electron chi connectivity index (χ4n) is 3.83. The number of carbonyl (C=O) groups is 1. The van der Waals surface area contributed by atoms with Crippen LogP contribution in [0.3, 0.4) is 0 Å². The molecule has 1 atom stereocenters. The summed E-state index contributed by atoms with van der Waals surface area (Å²) in [5.41, 5.74) is 3.04. The van der Waals surface area contributed by atoms with Crippen molar-refractivity contribution in [2.75, 3.05) is 12.4 Å². The van der Waals surface area contributed by atoms with Crippen LogP contribution in [0.25, 0.3) is 0 Å². The van der Waals surface area contributed by atoms with Gasteiger partial charge in [-0.3, -0.25) is 9.59 Å². The Balaban J connectivity index is 1.76. The molecule has 0 fully saturated rings. The lowest BCUT2D eigenvalue weighted by molar-refractivity contribution is -0.116. The Kier molecular flexibility index (Phi) is 5.73. The molecule has 160 valence electrons. The third-order valence-electron chi connectivity index (χ3n) is 5.51. The first-order chi connectivity index (χ1) is 14.9. The van der Waals surface area contributed by atoms with Gasteiger partial charge in [0.25, 0.3) is 5.56 Å². The predicted octanol–water partition coefficient (Wildman–Crippen LogP) is 3.57. The first-order valence-electron chi connectivity index (χ1n) is 9.84. The molecule has 0 saturated carbocycles. The van der Waals surface area contributed by atoms with Gasteiger partial charge in [-0.1, -0.05) is 42.1 Å². The number of anilines is 1. The Morgan fingerprint density at radius 3 is 2.77 bits per heavy atom. The molecule has 1 aliphatic heterocycles. The Morgan fingerprint density at radius 1 is 1.26 bits per heavy atom. The van der Waals surface area contributed by atoms with Gasteiger partial charge < -0.3 is 19.7 Å². The van der Waals surface area contributed by atoms with Gasteiger partial charge >= 0.3 is 0 Å². The van der Waals surface area contributed by atoms with E-state index in [2.05, 4.69) is 10.3 Å². The maximum absolute atomic E-state index is 13.1. The molecule has 0 bridgehead atoms. The lowest BCUT2D eigenvalue weighted by atomic mass is 9.86. The molecular weight excluding hydrogens is 414 g/mol. The van der Waals surface area contributed by atoms with Gasteiger partial charge in [-0.05, 0) is 24.1 Å². The van der Waals surface area contributed by atoms with Crippen molar-refractivity contribution >= 4 is 23.5 Å². The van der Waals surface area contributed by atoms with Crippen LogP contribution in [-0.4, -0.2) is 27.7 Å². The standard InChI is InChI=1S/C23H23N3O4S/c1-13-6-4-5-7-14(13)12-31-23-25-22(29)20-17(11-19(28)24-21(20)26(23)2)16-9-8-15(27)10-18(16)30-3/h4-10,17,27H,11-12H2,1-3H3,(H,24,28)/t17-/m0/s1. The highest BCUT2D eigenvalue weighted by Crippen LogP contribution is 2.40. The number of aryl methyl sites for hydroxylation is 1. The number of benzene rings is 2. The van der Waals surface area contributed by atoms with E-state index in [1.807, 2.05) is 31.2 Å². The van der Waals surface area contributed by atoms with E-state index in [0.717, 1.165) is 5.56 Å². The first-order valence-corrected chi connectivity index (χ1v) is 10.8. The van der Waals surface area contributed by atoms with E-state index < -0.39 is 5.92 Å². The number of nitrogens with one attached hydrogen (secondary N) is 1. The molecule has 0 aliphatic carbocycles. The average Bonchev–Trinajstić information content (AvgIpc) is 2.75. The molecular formula is C23H23N3O4S. The van der Waals surface area contributed by atoms with Crippen molar-refractivity contribution < 1.29 is 14.6 Å². The first kappa shape index (κ1) is 21.0. The average molecular weight is 438 g/mol. The molecule has 7 nitrogen and oxygen atoms in total. The van der Waals surface area contributed by atoms with Gasteiger partial charge in [0, 0.05) is 36.8 Å². The summed E-state index contributed by atoms with van der Waals surface area (Å²) < 4.78 is 7.16. The van der Waals surface area contributed by atoms with Crippen LogP contribution in [0.15, 0.2) is 52.4 Å². The van der Waals surface area contributed by atoms with Crippen LogP contribution in [0.5, 0.6) is 11.5 Å². The molecule has 4 rings (SSSR count). The van der Waals surface area contributed by atoms with Gasteiger partial charge in [-0.25, -0.2) is 0 Å². The minimum absolute atomic E-state index is 0.0510. The van der Waals surface area contributed by atoms with Crippen molar-refractivity contribution in [2.45, 2.75) is 30.2 Å². The van der Waals surface area contributed by atoms with E-state index in [-0.39, 0.29) is 23.6 Å². The maximum atomic E-state index is 13.1. The molecule has 1 aliphatic rings. The van der Waals surface area contributed by atoms with Gasteiger partial charge in [-0.2, -0.15) is 4.98 Å². The number of nitrogens with zero attached hydrogens (tertiary/aromatic N) is 2. The van der Waals surface area contributed by atoms with E-state index in [9.17, 15) is 14.7 Å². The van der Waals surface area contributed by atoms with E-state index in [1.165, 1.54) is 36.6 Å². The van der Waals surface area contributed by atoms with E-state index in [4.69, 9.17) is 4.74 Å². The van der Waals surface area contributed by atoms with Crippen molar-refractivity contribution in [3.8, 4) is 11.5 Å². The molecule has 31 heavy (non-hydrogen) atoms. The van der Waals surface area contributed by atoms with Crippen LogP contribution in [0.4, 0.5) is 5.82 Å². The number of aromatic hydroxyl groups is 1. The van der Waals surface area contributed by atoms with Crippen molar-refractivity contribution in [3.63, 3.8) is 0 Å². The molecule has 0 unspecified atom stereocenters. The maximum Gasteiger partial charge on any atom is 0.279 e. The highest BCUT2D eigenvalue weighted by molar-refractivity contribution is 7.98. The summed E-state index contributed by atoms with van der Waals surface area (Å²) in [6.07, 6.45) is 0.0980. The SMILES string of the molecule is COc1cc(O)ccc1[C@@H]1CC(=O)Nc2c1c(=O)nc(SCc1ccccc1C)n2C. The number of fused-ring (bicyclic) bond motifs is 1. The number of hydrogen-bond acceptors (Lipinski definition) is 6. The number of carbonyl (C=O) groups excluding carboxylic acids is 1. The zero-order chi connectivity index (χ0) is 22.1. The quantitative estimate of drug-likeness (QED) is 0.468. The number of ether oxygens (including phenoxy) is 1. The lowest BCUT2D eigenvalue weighted by Crippen LogP contribution is -2.33. The van der Waals surface area contributed by atoms with Gasteiger partial charge in [-0.15, -0.1) is 0 Å². The molecule has 1 amide bonds. The predicted molar refractivity (Wildman–Crippen MR) is 120 cm³/mol. The van der Waals surface area contributed by atoms with Crippen LogP contribution in [0.1, 0.15) is 34.6 Å². The lowest BCUT2D eigenvalue weighted by Gasteiger charge is -2.28. The Morgan fingerprint density at radius 2 is 2.03 bits per heavy atom. The van der Waals surface area contributed by atoms with E-state index >= 15 is 0 Å². The second-order valence-electron chi connectivity index (χ2n) is 7.47. The molecule has 0 spiro atoms. The second kappa shape index (κ2) is 8.47. The van der Waals surface area contributed by atoms with Crippen molar-refractivity contribution in [2.24, 2.45) is 7.05 Å². The number of phenolic OH excluding ortho intramolecular Hbond substituents is 1. The summed E-state index contributed by atoms with van der Waals surface area (Å²) >= 11 is 1.45. The van der Waals surface area contributed by atoms with Gasteiger partial charge in [0.1, 0.15) is 17.3 Å². The summed E-state index contributed by atoms with van der Waals surface area (Å²) in [6.45, 7) is 2.05. The van der Waals surface area contributed by atoms with Crippen LogP contribution < -0.4 is 15.6 Å². The summed E-state index contributed by atoms with van der Waals surface area (Å²) in [4.78, 5) is 30.0. The molecule has 0 saturated heterocycles. The highest BCUT2D eigenvalue weighted by atomic mass is 32.2. The molecule has 8 heteroatoms. The Hall–Kier alpha value is -3.26. The largest absolute Gasteiger partial charge is 0.508 e. The number of methoxy groups -OCH3 is 1. The number of phenols is 1. The summed E-state index contributed by atoms with van der Waals surface area (Å²) in [5.74, 6) is 0.878. The third kappa shape index (κ3) is 4.03. The zero-order valence-electron chi connectivity index (χ0n) is 17.5. The van der Waals surface area contributed by atoms with Crippen LogP contribution in [0, 0.1) is 6.92 Å². The number of amides is 1. The molecule has 0 radical (unpaired) electrons. The number of aromatic nitrogens is 2. The van der Waals surface area contributed by atoms with Crippen molar-refractivity contribution in [1.82, 2.24) is 9.55 Å². The van der Waals surface area contributed by atoms with E-state index in [1.54, 1.807) is 17.7 Å². The topological polar surface area (TPSA) is 93.4 Å². The van der Waals surface area contributed by atoms with Crippen LogP contribution in [-0.2, 0) is 17.6 Å². The van der Waals surface area contributed by atoms with Crippen molar-refractivity contribution in [1.29, 1.82) is 0 Å². The van der Waals surface area contributed by atoms with Gasteiger partial charge in [0.2, 0.25) is 5.91 Å². The molecule has 3 aromatic rings. The van der Waals surface area contributed by atoms with Crippen LogP contribution in [0.2, 0.25) is 0 Å². The van der Waals surface area contributed by atoms with Crippen LogP contribution >= 0.6 is 11.8 Å². The number of thioether (sulfide) groups is 1. The molecule has 1 aromatic heterocycles. The fraction of sp³-hybridized carbons (Fsp3) is 0.261. The summed E-state index contributed by atoms with van der Waals surface area (Å²) in [5, 5.41) is 13.2. The zero-order valence-corrected chi connectivity index (χ0v) is 18.3. The third-order valence-corrected chi connectivity index (χ3v) is 6.59. The summed E-state index contributed by atoms with van der Waals surface area (Å²) in [6, 6.07) is 12.8. The fourth-order valence-corrected chi connectivity index (χ4v) is 4.87. The Bertz CT molecular complexity index is 1220. The van der Waals surface area contributed by atoms with Gasteiger partial charge in [0.05, 0.1) is 12.7 Å². The summed E-state index contributed by atoms with van der Waals surface area (Å²) in [7, 11) is 3.28. The highest BCUT2D eigenvalue weighted by Gasteiger charge is 2.33. The molecule has 2 aromatic carbocycles. The van der Waals surface area contributed by atoms with Gasteiger partial charge in [0.15, 0.2) is 5.16 Å². The number of rotatable bonds is 5. The normalized spacial score (nSPS) is 15.3. The minimum atomic E-state index is -0.513.